The van der Waals surface area contributed by atoms with Crippen LogP contribution in [0.4, 0.5) is 0 Å². The summed E-state index contributed by atoms with van der Waals surface area (Å²) >= 11 is 0. The number of hydrogen-bond acceptors (Lipinski definition) is 4. The van der Waals surface area contributed by atoms with Crippen molar-refractivity contribution in [3.05, 3.63) is 59.7 Å². The van der Waals surface area contributed by atoms with E-state index in [0.29, 0.717) is 30.9 Å². The number of aryl methyl sites for hydroxylation is 1. The predicted octanol–water partition coefficient (Wildman–Crippen LogP) is 3.43. The lowest BCUT2D eigenvalue weighted by Crippen LogP contribution is -2.45. The zero-order chi connectivity index (χ0) is 19.3. The van der Waals surface area contributed by atoms with Crippen molar-refractivity contribution in [2.45, 2.75) is 38.2 Å². The van der Waals surface area contributed by atoms with Crippen LogP contribution in [-0.4, -0.2) is 34.9 Å². The lowest BCUT2D eigenvalue weighted by atomic mass is 9.79. The molecule has 2 aromatic carbocycles. The van der Waals surface area contributed by atoms with Gasteiger partial charge >= 0.3 is 0 Å². The van der Waals surface area contributed by atoms with E-state index in [1.165, 1.54) is 17.7 Å². The Balaban J connectivity index is 1.43. The SMILES string of the molecule is Cc1cccc(OC[C@H]2CC[C@@](O)(CNC(=O)c3ccc(O)cc3)CC2)c1. The van der Waals surface area contributed by atoms with Crippen LogP contribution in [0.15, 0.2) is 48.5 Å². The molecule has 5 nitrogen and oxygen atoms in total. The van der Waals surface area contributed by atoms with Crippen LogP contribution in [0.5, 0.6) is 11.5 Å². The number of ether oxygens (including phenoxy) is 1. The van der Waals surface area contributed by atoms with Gasteiger partial charge in [0.1, 0.15) is 11.5 Å². The molecular weight excluding hydrogens is 342 g/mol. The summed E-state index contributed by atoms with van der Waals surface area (Å²) in [4.78, 5) is 12.2. The molecule has 1 aliphatic carbocycles. The maximum atomic E-state index is 12.2. The molecule has 3 rings (SSSR count). The molecule has 144 valence electrons. The van der Waals surface area contributed by atoms with Gasteiger partial charge in [0.25, 0.3) is 5.91 Å². The summed E-state index contributed by atoms with van der Waals surface area (Å²) in [5.74, 6) is 1.18. The molecule has 0 bridgehead atoms. The first-order valence-corrected chi connectivity index (χ1v) is 9.43. The summed E-state index contributed by atoms with van der Waals surface area (Å²) in [7, 11) is 0. The van der Waals surface area contributed by atoms with E-state index in [1.54, 1.807) is 12.1 Å². The number of hydrogen-bond donors (Lipinski definition) is 3. The molecule has 1 amide bonds. The van der Waals surface area contributed by atoms with E-state index in [9.17, 15) is 15.0 Å². The van der Waals surface area contributed by atoms with Gasteiger partial charge in [0, 0.05) is 12.1 Å². The van der Waals surface area contributed by atoms with E-state index in [-0.39, 0.29) is 18.2 Å². The Morgan fingerprint density at radius 3 is 2.56 bits per heavy atom. The average Bonchev–Trinajstić information content (AvgIpc) is 2.66. The number of amides is 1. The van der Waals surface area contributed by atoms with Gasteiger partial charge in [-0.3, -0.25) is 4.79 Å². The third-order valence-electron chi connectivity index (χ3n) is 5.22. The first kappa shape index (κ1) is 19.2. The molecule has 5 heteroatoms. The van der Waals surface area contributed by atoms with E-state index in [0.717, 1.165) is 18.6 Å². The molecule has 3 N–H and O–H groups in total. The molecule has 1 fully saturated rings. The van der Waals surface area contributed by atoms with Crippen molar-refractivity contribution < 1.29 is 19.7 Å². The van der Waals surface area contributed by atoms with Crippen LogP contribution in [0, 0.1) is 12.8 Å². The molecule has 1 saturated carbocycles. The number of aromatic hydroxyl groups is 1. The lowest BCUT2D eigenvalue weighted by molar-refractivity contribution is -0.0129. The second-order valence-electron chi connectivity index (χ2n) is 7.52. The molecule has 0 aliphatic heterocycles. The van der Waals surface area contributed by atoms with Crippen LogP contribution in [0.1, 0.15) is 41.6 Å². The van der Waals surface area contributed by atoms with E-state index in [1.807, 2.05) is 31.2 Å². The Kier molecular flexibility index (Phi) is 6.01. The third-order valence-corrected chi connectivity index (χ3v) is 5.22. The molecular formula is C22H27NO4. The minimum Gasteiger partial charge on any atom is -0.508 e. The lowest BCUT2D eigenvalue weighted by Gasteiger charge is -2.36. The van der Waals surface area contributed by atoms with E-state index in [2.05, 4.69) is 5.32 Å². The van der Waals surface area contributed by atoms with Gasteiger partial charge in [-0.1, -0.05) is 12.1 Å². The van der Waals surface area contributed by atoms with Gasteiger partial charge < -0.3 is 20.3 Å². The highest BCUT2D eigenvalue weighted by molar-refractivity contribution is 5.94. The largest absolute Gasteiger partial charge is 0.508 e. The summed E-state index contributed by atoms with van der Waals surface area (Å²) in [5, 5.41) is 22.8. The van der Waals surface area contributed by atoms with Crippen molar-refractivity contribution in [2.75, 3.05) is 13.2 Å². The number of phenols is 1. The molecule has 0 saturated heterocycles. The highest BCUT2D eigenvalue weighted by Crippen LogP contribution is 2.32. The van der Waals surface area contributed by atoms with E-state index in [4.69, 9.17) is 4.74 Å². The molecule has 1 aliphatic rings. The van der Waals surface area contributed by atoms with Crippen LogP contribution >= 0.6 is 0 Å². The number of nitrogens with one attached hydrogen (secondary N) is 1. The van der Waals surface area contributed by atoms with Crippen molar-refractivity contribution >= 4 is 5.91 Å². The Morgan fingerprint density at radius 1 is 1.19 bits per heavy atom. The number of rotatable bonds is 6. The average molecular weight is 369 g/mol. The van der Waals surface area contributed by atoms with Crippen molar-refractivity contribution in [1.82, 2.24) is 5.32 Å². The normalized spacial score (nSPS) is 22.2. The first-order valence-electron chi connectivity index (χ1n) is 9.43. The summed E-state index contributed by atoms with van der Waals surface area (Å²) in [6.45, 7) is 2.93. The molecule has 0 unspecified atom stereocenters. The summed E-state index contributed by atoms with van der Waals surface area (Å²) in [5.41, 5.74) is 0.776. The predicted molar refractivity (Wildman–Crippen MR) is 104 cm³/mol. The van der Waals surface area contributed by atoms with Crippen molar-refractivity contribution in [2.24, 2.45) is 5.92 Å². The van der Waals surface area contributed by atoms with Gasteiger partial charge in [0.2, 0.25) is 0 Å². The Morgan fingerprint density at radius 2 is 1.89 bits per heavy atom. The van der Waals surface area contributed by atoms with Crippen LogP contribution in [0.25, 0.3) is 0 Å². The quantitative estimate of drug-likeness (QED) is 0.729. The van der Waals surface area contributed by atoms with Gasteiger partial charge in [-0.05, 0) is 80.5 Å². The zero-order valence-electron chi connectivity index (χ0n) is 15.6. The fraction of sp³-hybridized carbons (Fsp3) is 0.409. The molecule has 0 aromatic heterocycles. The molecule has 0 atom stereocenters. The van der Waals surface area contributed by atoms with Gasteiger partial charge in [-0.15, -0.1) is 0 Å². The van der Waals surface area contributed by atoms with E-state index < -0.39 is 5.60 Å². The number of benzene rings is 2. The fourth-order valence-corrected chi connectivity index (χ4v) is 3.44. The standard InChI is InChI=1S/C22H27NO4/c1-16-3-2-4-20(13-16)27-14-17-9-11-22(26,12-10-17)15-23-21(25)18-5-7-19(24)8-6-18/h2-8,13,17,24,26H,9-12,14-15H2,1H3,(H,23,25)/t17-,22-. The van der Waals surface area contributed by atoms with Crippen LogP contribution in [0.2, 0.25) is 0 Å². The molecule has 0 radical (unpaired) electrons. The molecule has 2 aromatic rings. The maximum Gasteiger partial charge on any atom is 0.251 e. The monoisotopic (exact) mass is 369 g/mol. The summed E-state index contributed by atoms with van der Waals surface area (Å²) < 4.78 is 5.89. The first-order chi connectivity index (χ1) is 12.9. The number of aliphatic hydroxyl groups is 1. The van der Waals surface area contributed by atoms with E-state index >= 15 is 0 Å². The van der Waals surface area contributed by atoms with Crippen LogP contribution in [-0.2, 0) is 0 Å². The van der Waals surface area contributed by atoms with Crippen LogP contribution < -0.4 is 10.1 Å². The van der Waals surface area contributed by atoms with Gasteiger partial charge in [-0.25, -0.2) is 0 Å². The van der Waals surface area contributed by atoms with Gasteiger partial charge in [0.05, 0.1) is 12.2 Å². The van der Waals surface area contributed by atoms with Gasteiger partial charge in [-0.2, -0.15) is 0 Å². The molecule has 0 heterocycles. The Labute approximate surface area is 160 Å². The highest BCUT2D eigenvalue weighted by atomic mass is 16.5. The number of phenolic OH excluding ortho intramolecular Hbond substituents is 1. The zero-order valence-corrected chi connectivity index (χ0v) is 15.6. The van der Waals surface area contributed by atoms with Gasteiger partial charge in [0.15, 0.2) is 0 Å². The fourth-order valence-electron chi connectivity index (χ4n) is 3.44. The smallest absolute Gasteiger partial charge is 0.251 e. The second-order valence-corrected chi connectivity index (χ2v) is 7.52. The maximum absolute atomic E-state index is 12.2. The Bertz CT molecular complexity index is 764. The van der Waals surface area contributed by atoms with Crippen LogP contribution in [0.3, 0.4) is 0 Å². The summed E-state index contributed by atoms with van der Waals surface area (Å²) in [6, 6.07) is 14.1. The minimum absolute atomic E-state index is 0.122. The summed E-state index contributed by atoms with van der Waals surface area (Å²) in [6.07, 6.45) is 3.03. The Hall–Kier alpha value is -2.53. The number of carbonyl (C=O) groups excluding carboxylic acids is 1. The van der Waals surface area contributed by atoms with Crippen molar-refractivity contribution in [1.29, 1.82) is 0 Å². The molecule has 0 spiro atoms. The highest BCUT2D eigenvalue weighted by Gasteiger charge is 2.33. The minimum atomic E-state index is -0.869. The number of carbonyl (C=O) groups is 1. The third kappa shape index (κ3) is 5.47. The van der Waals surface area contributed by atoms with Crippen molar-refractivity contribution in [3.8, 4) is 11.5 Å². The topological polar surface area (TPSA) is 78.8 Å². The van der Waals surface area contributed by atoms with Crippen molar-refractivity contribution in [3.63, 3.8) is 0 Å². The second kappa shape index (κ2) is 8.44. The molecule has 27 heavy (non-hydrogen) atoms.